The van der Waals surface area contributed by atoms with Gasteiger partial charge in [0, 0.05) is 5.69 Å². The van der Waals surface area contributed by atoms with Crippen LogP contribution in [0.2, 0.25) is 0 Å². The Kier molecular flexibility index (Phi) is 5.16. The predicted molar refractivity (Wildman–Crippen MR) is 71.6 cm³/mol. The minimum atomic E-state index is -0.875. The average Bonchev–Trinajstić information content (AvgIpc) is 2.29. The number of hydrogen-bond donors (Lipinski definition) is 2. The van der Waals surface area contributed by atoms with Crippen molar-refractivity contribution in [3.8, 4) is 0 Å². The normalized spacial score (nSPS) is 11.1. The van der Waals surface area contributed by atoms with Gasteiger partial charge in [-0.2, -0.15) is 0 Å². The zero-order valence-corrected chi connectivity index (χ0v) is 11.2. The monoisotopic (exact) mass is 251 g/mol. The van der Waals surface area contributed by atoms with Crippen LogP contribution in [-0.4, -0.2) is 17.8 Å². The van der Waals surface area contributed by atoms with E-state index in [4.69, 9.17) is 4.74 Å². The third-order valence-electron chi connectivity index (χ3n) is 2.57. The van der Waals surface area contributed by atoms with Gasteiger partial charge in [0.05, 0.1) is 12.2 Å². The number of anilines is 1. The van der Waals surface area contributed by atoms with E-state index >= 15 is 0 Å². The fourth-order valence-electron chi connectivity index (χ4n) is 1.42. The number of ether oxygens (including phenoxy) is 1. The van der Waals surface area contributed by atoms with Crippen LogP contribution in [0.15, 0.2) is 24.3 Å². The Labute approximate surface area is 108 Å². The van der Waals surface area contributed by atoms with Gasteiger partial charge in [-0.15, -0.1) is 0 Å². The Hall–Kier alpha value is -1.55. The van der Waals surface area contributed by atoms with Gasteiger partial charge in [-0.1, -0.05) is 25.5 Å². The van der Waals surface area contributed by atoms with Crippen LogP contribution in [-0.2, 0) is 10.3 Å². The molecular formula is C14H21NO3. The lowest BCUT2D eigenvalue weighted by Gasteiger charge is -2.17. The summed E-state index contributed by atoms with van der Waals surface area (Å²) in [6.07, 6.45) is 1.41. The first-order valence-corrected chi connectivity index (χ1v) is 6.20. The third-order valence-corrected chi connectivity index (χ3v) is 2.57. The second kappa shape index (κ2) is 6.40. The van der Waals surface area contributed by atoms with Crippen molar-refractivity contribution in [2.75, 3.05) is 11.9 Å². The molecule has 0 aromatic heterocycles. The fourth-order valence-corrected chi connectivity index (χ4v) is 1.42. The van der Waals surface area contributed by atoms with Gasteiger partial charge < -0.3 is 9.84 Å². The standard InChI is InChI=1S/C14H21NO3/c1-4-5-10-18-13(16)15-12-8-6-11(7-9-12)14(2,3)17/h6-9,17H,4-5,10H2,1-3H3,(H,15,16). The van der Waals surface area contributed by atoms with Crippen LogP contribution in [0.25, 0.3) is 0 Å². The van der Waals surface area contributed by atoms with E-state index in [1.807, 2.05) is 6.92 Å². The Morgan fingerprint density at radius 3 is 2.44 bits per heavy atom. The van der Waals surface area contributed by atoms with E-state index in [1.54, 1.807) is 38.1 Å². The highest BCUT2D eigenvalue weighted by molar-refractivity contribution is 5.84. The van der Waals surface area contributed by atoms with Gasteiger partial charge in [0.2, 0.25) is 0 Å². The lowest BCUT2D eigenvalue weighted by molar-refractivity contribution is 0.0786. The quantitative estimate of drug-likeness (QED) is 0.790. The number of unbranched alkanes of at least 4 members (excludes halogenated alkanes) is 1. The highest BCUT2D eigenvalue weighted by atomic mass is 16.5. The minimum absolute atomic E-state index is 0.435. The van der Waals surface area contributed by atoms with E-state index < -0.39 is 11.7 Å². The SMILES string of the molecule is CCCCOC(=O)Nc1ccc(C(C)(C)O)cc1. The number of amides is 1. The topological polar surface area (TPSA) is 58.6 Å². The molecule has 1 amide bonds. The highest BCUT2D eigenvalue weighted by Crippen LogP contribution is 2.21. The number of carbonyl (C=O) groups is 1. The van der Waals surface area contributed by atoms with Crippen LogP contribution in [0.5, 0.6) is 0 Å². The fraction of sp³-hybridized carbons (Fsp3) is 0.500. The summed E-state index contributed by atoms with van der Waals surface area (Å²) in [5.74, 6) is 0. The molecule has 0 atom stereocenters. The number of aliphatic hydroxyl groups is 1. The first-order valence-electron chi connectivity index (χ1n) is 6.20. The second-order valence-corrected chi connectivity index (χ2v) is 4.75. The van der Waals surface area contributed by atoms with E-state index in [-0.39, 0.29) is 0 Å². The summed E-state index contributed by atoms with van der Waals surface area (Å²) in [5.41, 5.74) is 0.581. The van der Waals surface area contributed by atoms with Crippen molar-refractivity contribution >= 4 is 11.8 Å². The Morgan fingerprint density at radius 2 is 1.94 bits per heavy atom. The molecule has 0 aliphatic carbocycles. The van der Waals surface area contributed by atoms with Gasteiger partial charge in [-0.25, -0.2) is 4.79 Å². The van der Waals surface area contributed by atoms with E-state index in [0.29, 0.717) is 12.3 Å². The first-order chi connectivity index (χ1) is 8.43. The molecule has 2 N–H and O–H groups in total. The first kappa shape index (κ1) is 14.5. The van der Waals surface area contributed by atoms with Gasteiger partial charge in [0.1, 0.15) is 0 Å². The molecule has 1 rings (SSSR count). The lowest BCUT2D eigenvalue weighted by Crippen LogP contribution is -2.16. The Balaban J connectivity index is 2.51. The lowest BCUT2D eigenvalue weighted by atomic mass is 9.98. The van der Waals surface area contributed by atoms with Gasteiger partial charge in [0.15, 0.2) is 0 Å². The molecule has 0 saturated heterocycles. The highest BCUT2D eigenvalue weighted by Gasteiger charge is 2.15. The van der Waals surface area contributed by atoms with E-state index in [9.17, 15) is 9.90 Å². The van der Waals surface area contributed by atoms with Gasteiger partial charge in [0.25, 0.3) is 0 Å². The molecule has 1 aromatic carbocycles. The molecule has 0 saturated carbocycles. The number of carbonyl (C=O) groups excluding carboxylic acids is 1. The molecule has 1 aromatic rings. The number of benzene rings is 1. The molecule has 0 unspecified atom stereocenters. The van der Waals surface area contributed by atoms with Crippen LogP contribution < -0.4 is 5.32 Å². The van der Waals surface area contributed by atoms with Crippen molar-refractivity contribution in [3.63, 3.8) is 0 Å². The molecular weight excluding hydrogens is 230 g/mol. The van der Waals surface area contributed by atoms with Crippen molar-refractivity contribution < 1.29 is 14.6 Å². The van der Waals surface area contributed by atoms with E-state index in [2.05, 4.69) is 5.32 Å². The average molecular weight is 251 g/mol. The molecule has 4 heteroatoms. The Morgan fingerprint density at radius 1 is 1.33 bits per heavy atom. The smallest absolute Gasteiger partial charge is 0.411 e. The third kappa shape index (κ3) is 4.75. The van der Waals surface area contributed by atoms with Crippen LogP contribution in [0.3, 0.4) is 0 Å². The molecule has 0 heterocycles. The van der Waals surface area contributed by atoms with Crippen LogP contribution in [0.1, 0.15) is 39.2 Å². The van der Waals surface area contributed by atoms with Crippen molar-refractivity contribution in [3.05, 3.63) is 29.8 Å². The molecule has 18 heavy (non-hydrogen) atoms. The summed E-state index contributed by atoms with van der Waals surface area (Å²) in [4.78, 5) is 11.4. The molecule has 100 valence electrons. The predicted octanol–water partition coefficient (Wildman–Crippen LogP) is 3.26. The molecule has 0 bridgehead atoms. The molecule has 0 fully saturated rings. The number of nitrogens with one attached hydrogen (secondary N) is 1. The van der Waals surface area contributed by atoms with Gasteiger partial charge in [-0.05, 0) is 38.0 Å². The maximum Gasteiger partial charge on any atom is 0.411 e. The summed E-state index contributed by atoms with van der Waals surface area (Å²) in [5, 5.41) is 12.4. The van der Waals surface area contributed by atoms with Crippen molar-refractivity contribution in [1.29, 1.82) is 0 Å². The molecule has 0 spiro atoms. The number of rotatable bonds is 5. The van der Waals surface area contributed by atoms with Crippen LogP contribution in [0, 0.1) is 0 Å². The summed E-state index contributed by atoms with van der Waals surface area (Å²) < 4.78 is 4.98. The van der Waals surface area contributed by atoms with E-state index in [0.717, 1.165) is 18.4 Å². The maximum atomic E-state index is 11.4. The zero-order valence-electron chi connectivity index (χ0n) is 11.2. The van der Waals surface area contributed by atoms with Gasteiger partial charge in [-0.3, -0.25) is 5.32 Å². The molecule has 0 aliphatic rings. The summed E-state index contributed by atoms with van der Waals surface area (Å²) >= 11 is 0. The van der Waals surface area contributed by atoms with Crippen molar-refractivity contribution in [1.82, 2.24) is 0 Å². The maximum absolute atomic E-state index is 11.4. The summed E-state index contributed by atoms with van der Waals surface area (Å²) in [6.45, 7) is 5.91. The number of hydrogen-bond acceptors (Lipinski definition) is 3. The van der Waals surface area contributed by atoms with Crippen LogP contribution >= 0.6 is 0 Å². The van der Waals surface area contributed by atoms with E-state index in [1.165, 1.54) is 0 Å². The van der Waals surface area contributed by atoms with Gasteiger partial charge >= 0.3 is 6.09 Å². The Bertz CT molecular complexity index is 379. The molecule has 4 nitrogen and oxygen atoms in total. The second-order valence-electron chi connectivity index (χ2n) is 4.75. The molecule has 0 aliphatic heterocycles. The minimum Gasteiger partial charge on any atom is -0.449 e. The molecule has 0 radical (unpaired) electrons. The van der Waals surface area contributed by atoms with Crippen molar-refractivity contribution in [2.45, 2.75) is 39.2 Å². The zero-order chi connectivity index (χ0) is 13.6. The summed E-state index contributed by atoms with van der Waals surface area (Å²) in [7, 11) is 0. The largest absolute Gasteiger partial charge is 0.449 e. The van der Waals surface area contributed by atoms with Crippen LogP contribution in [0.4, 0.5) is 10.5 Å². The summed E-state index contributed by atoms with van der Waals surface area (Å²) in [6, 6.07) is 7.05. The van der Waals surface area contributed by atoms with Crippen molar-refractivity contribution in [2.24, 2.45) is 0 Å².